The highest BCUT2D eigenvalue weighted by Gasteiger charge is 2.46. The lowest BCUT2D eigenvalue weighted by molar-refractivity contribution is -0.162. The van der Waals surface area contributed by atoms with E-state index in [1.807, 2.05) is 13.8 Å². The summed E-state index contributed by atoms with van der Waals surface area (Å²) < 4.78 is 34.4. The largest absolute Gasteiger partial charge is 0.458 e. The van der Waals surface area contributed by atoms with Gasteiger partial charge < -0.3 is 46.4 Å². The number of hydrogen-bond acceptors (Lipinski definition) is 9. The summed E-state index contributed by atoms with van der Waals surface area (Å²) >= 11 is 0. The number of halogens is 2. The molecule has 0 aromatic heterocycles. The normalized spacial score (nSPS) is 26.6. The zero-order chi connectivity index (χ0) is 41.7. The fourth-order valence-electron chi connectivity index (χ4n) is 7.53. The third kappa shape index (κ3) is 10.0. The number of likely N-dealkylation sites (N-methyl/N-ethyl adjacent to an activating group) is 1. The SMILES string of the molecule is Cc1ccc(NC(=O)N[C@@H](Cc2cc(F)cc(F)c2)C(=O)N[C@@H]2C(=O)N3CCC[C@H]3C(=O)N(C)[C@@H](CN)C(=O)N[C@@H](C)C(=O)N3C[C@H](C)C[C@H]3C(=O)O[C@H]2C)cc1. The lowest BCUT2D eigenvalue weighted by atomic mass is 10.0. The first-order valence-electron chi connectivity index (χ1n) is 18.9. The smallest absolute Gasteiger partial charge is 0.329 e. The van der Waals surface area contributed by atoms with Crippen molar-refractivity contribution >= 4 is 47.2 Å². The van der Waals surface area contributed by atoms with Crippen molar-refractivity contribution in [3.05, 3.63) is 65.2 Å². The van der Waals surface area contributed by atoms with Crippen LogP contribution in [-0.4, -0.2) is 125 Å². The van der Waals surface area contributed by atoms with Crippen LogP contribution in [0.1, 0.15) is 51.2 Å². The van der Waals surface area contributed by atoms with Gasteiger partial charge in [-0.05, 0) is 75.8 Å². The first-order valence-corrected chi connectivity index (χ1v) is 18.9. The predicted molar refractivity (Wildman–Crippen MR) is 202 cm³/mol. The van der Waals surface area contributed by atoms with E-state index >= 15 is 0 Å². The first kappa shape index (κ1) is 42.5. The van der Waals surface area contributed by atoms with E-state index in [1.165, 1.54) is 30.7 Å². The third-order valence-corrected chi connectivity index (χ3v) is 10.6. The predicted octanol–water partition coefficient (Wildman–Crippen LogP) is 0.955. The summed E-state index contributed by atoms with van der Waals surface area (Å²) in [6.45, 7) is 6.45. The number of rotatable bonds is 7. The number of nitrogens with one attached hydrogen (secondary N) is 4. The average molecular weight is 797 g/mol. The number of carbonyl (C=O) groups excluding carboxylic acids is 7. The second kappa shape index (κ2) is 18.1. The Morgan fingerprint density at radius 1 is 0.947 bits per heavy atom. The number of amides is 7. The van der Waals surface area contributed by atoms with Crippen LogP contribution in [0.4, 0.5) is 19.3 Å². The molecule has 0 aliphatic carbocycles. The molecule has 18 heteroatoms. The van der Waals surface area contributed by atoms with Crippen molar-refractivity contribution in [2.45, 2.75) is 95.7 Å². The van der Waals surface area contributed by atoms with E-state index in [0.717, 1.165) is 22.6 Å². The van der Waals surface area contributed by atoms with Gasteiger partial charge in [-0.15, -0.1) is 0 Å². The number of ether oxygens (including phenoxy) is 1. The molecule has 3 fully saturated rings. The number of anilines is 1. The van der Waals surface area contributed by atoms with Crippen LogP contribution in [0.3, 0.4) is 0 Å². The molecule has 3 saturated heterocycles. The average Bonchev–Trinajstić information content (AvgIpc) is 3.80. The molecule has 0 bridgehead atoms. The third-order valence-electron chi connectivity index (χ3n) is 10.6. The first-order chi connectivity index (χ1) is 27.0. The molecule has 3 aliphatic heterocycles. The van der Waals surface area contributed by atoms with E-state index in [2.05, 4.69) is 21.3 Å². The van der Waals surface area contributed by atoms with Crippen LogP contribution >= 0.6 is 0 Å². The second-order valence-electron chi connectivity index (χ2n) is 15.1. The summed E-state index contributed by atoms with van der Waals surface area (Å²) in [5, 5.41) is 10.3. The second-order valence-corrected chi connectivity index (χ2v) is 15.1. The zero-order valence-electron chi connectivity index (χ0n) is 32.6. The van der Waals surface area contributed by atoms with E-state index in [0.29, 0.717) is 18.2 Å². The topological polar surface area (TPSA) is 213 Å². The lowest BCUT2D eigenvalue weighted by Crippen LogP contribution is -2.63. The van der Waals surface area contributed by atoms with Gasteiger partial charge in [0.15, 0.2) is 0 Å². The molecule has 8 atom stereocenters. The van der Waals surface area contributed by atoms with Crippen molar-refractivity contribution in [1.82, 2.24) is 30.7 Å². The van der Waals surface area contributed by atoms with Gasteiger partial charge >= 0.3 is 12.0 Å². The molecule has 0 radical (unpaired) electrons. The lowest BCUT2D eigenvalue weighted by Gasteiger charge is -2.36. The van der Waals surface area contributed by atoms with E-state index in [4.69, 9.17) is 10.5 Å². The maximum absolute atomic E-state index is 14.6. The Balaban J connectivity index is 1.50. The van der Waals surface area contributed by atoms with Gasteiger partial charge in [0.2, 0.25) is 29.5 Å². The summed E-state index contributed by atoms with van der Waals surface area (Å²) in [5.41, 5.74) is 7.28. The number of nitrogens with two attached hydrogens (primary N) is 1. The fourth-order valence-corrected chi connectivity index (χ4v) is 7.53. The number of carbonyl (C=O) groups is 7. The number of cyclic esters (lactones) is 1. The molecule has 2 aromatic rings. The Hall–Kier alpha value is -5.65. The Bertz CT molecular complexity index is 1860. The van der Waals surface area contributed by atoms with Crippen molar-refractivity contribution in [2.24, 2.45) is 11.7 Å². The van der Waals surface area contributed by atoms with Crippen LogP contribution in [0, 0.1) is 24.5 Å². The van der Waals surface area contributed by atoms with Crippen LogP contribution in [0.5, 0.6) is 0 Å². The number of urea groups is 1. The molecule has 308 valence electrons. The number of aryl methyl sites for hydroxylation is 1. The molecule has 5 rings (SSSR count). The maximum Gasteiger partial charge on any atom is 0.329 e. The van der Waals surface area contributed by atoms with Crippen molar-refractivity contribution in [3.8, 4) is 0 Å². The molecule has 0 saturated carbocycles. The monoisotopic (exact) mass is 796 g/mol. The standard InChI is InChI=1S/C39H50F2N8O8/c1-20-8-10-27(11-9-20)44-39(56)45-28(16-24-14-25(40)17-26(41)15-24)33(50)46-32-23(4)57-38(55)30-13-21(2)19-49(30)35(52)22(3)43-34(51)31(18-42)47(5)36(53)29-7-6-12-48(29)37(32)54/h8-11,14-15,17,21-23,28-32H,6-7,12-13,16,18-19,42H2,1-5H3,(H,43,51)(H,46,50)(H2,44,45,56)/t21-,22+,23+,28+,29+,30+,31+,32+/m1/s1. The summed E-state index contributed by atoms with van der Waals surface area (Å²) in [6, 6.07) is 0.857. The molecule has 0 unspecified atom stereocenters. The molecule has 0 spiro atoms. The highest BCUT2D eigenvalue weighted by molar-refractivity contribution is 5.98. The number of hydrogen-bond donors (Lipinski definition) is 5. The number of esters is 1. The molecule has 3 heterocycles. The van der Waals surface area contributed by atoms with Gasteiger partial charge in [-0.3, -0.25) is 24.0 Å². The van der Waals surface area contributed by atoms with Gasteiger partial charge in [0.25, 0.3) is 0 Å². The highest BCUT2D eigenvalue weighted by Crippen LogP contribution is 2.27. The van der Waals surface area contributed by atoms with Crippen LogP contribution in [0.2, 0.25) is 0 Å². The van der Waals surface area contributed by atoms with E-state index in [1.54, 1.807) is 24.3 Å². The molecule has 6 N–H and O–H groups in total. The van der Waals surface area contributed by atoms with Crippen LogP contribution < -0.4 is 27.0 Å². The van der Waals surface area contributed by atoms with Crippen LogP contribution in [0.25, 0.3) is 0 Å². The van der Waals surface area contributed by atoms with Crippen LogP contribution in [0.15, 0.2) is 42.5 Å². The summed E-state index contributed by atoms with van der Waals surface area (Å²) in [6.07, 6.45) is -1.04. The van der Waals surface area contributed by atoms with E-state index < -0.39 is 102 Å². The quantitative estimate of drug-likeness (QED) is 0.252. The highest BCUT2D eigenvalue weighted by atomic mass is 19.1. The maximum atomic E-state index is 14.6. The van der Waals surface area contributed by atoms with Gasteiger partial charge in [-0.1, -0.05) is 24.6 Å². The minimum Gasteiger partial charge on any atom is -0.458 e. The molecule has 16 nitrogen and oxygen atoms in total. The minimum absolute atomic E-state index is 0.00755. The van der Waals surface area contributed by atoms with Crippen molar-refractivity contribution < 1.29 is 47.1 Å². The molecule has 57 heavy (non-hydrogen) atoms. The Labute approximate surface area is 329 Å². The zero-order valence-corrected chi connectivity index (χ0v) is 32.6. The Kier molecular flexibility index (Phi) is 13.5. The summed E-state index contributed by atoms with van der Waals surface area (Å²) in [5.74, 6) is -6.54. The van der Waals surface area contributed by atoms with Crippen molar-refractivity contribution in [3.63, 3.8) is 0 Å². The van der Waals surface area contributed by atoms with E-state index in [9.17, 15) is 42.3 Å². The van der Waals surface area contributed by atoms with Gasteiger partial charge in [-0.2, -0.15) is 0 Å². The molecule has 7 amide bonds. The van der Waals surface area contributed by atoms with Crippen molar-refractivity contribution in [1.29, 1.82) is 0 Å². The summed E-state index contributed by atoms with van der Waals surface area (Å²) in [4.78, 5) is 101. The molecular formula is C39H50F2N8O8. The number of fused-ring (bicyclic) bond motifs is 2. The van der Waals surface area contributed by atoms with Gasteiger partial charge in [0, 0.05) is 44.9 Å². The van der Waals surface area contributed by atoms with Gasteiger partial charge in [0.05, 0.1) is 0 Å². The van der Waals surface area contributed by atoms with Gasteiger partial charge in [-0.25, -0.2) is 18.4 Å². The van der Waals surface area contributed by atoms with E-state index in [-0.39, 0.29) is 44.0 Å². The fraction of sp³-hybridized carbons (Fsp3) is 0.513. The van der Waals surface area contributed by atoms with Crippen LogP contribution in [-0.2, 0) is 39.9 Å². The van der Waals surface area contributed by atoms with Gasteiger partial charge in [0.1, 0.15) is 54.0 Å². The number of nitrogens with zero attached hydrogens (tertiary/aromatic N) is 3. The Morgan fingerprint density at radius 3 is 2.26 bits per heavy atom. The van der Waals surface area contributed by atoms with Crippen molar-refractivity contribution in [2.75, 3.05) is 32.0 Å². The molecular weight excluding hydrogens is 746 g/mol. The molecule has 2 aromatic carbocycles. The number of benzene rings is 2. The summed E-state index contributed by atoms with van der Waals surface area (Å²) in [7, 11) is 1.37. The molecule has 3 aliphatic rings. The minimum atomic E-state index is -1.66. The Morgan fingerprint density at radius 2 is 1.61 bits per heavy atom.